The SMILES string of the molecule is C[C@@H]1CC[C@@H](C)[S+]1Cc1ccccc1.[Br-]. The van der Waals surface area contributed by atoms with Crippen molar-refractivity contribution in [1.29, 1.82) is 0 Å². The maximum Gasteiger partial charge on any atom is 0.133 e. The Labute approximate surface area is 107 Å². The fourth-order valence-electron chi connectivity index (χ4n) is 2.22. The van der Waals surface area contributed by atoms with E-state index in [0.29, 0.717) is 10.9 Å². The van der Waals surface area contributed by atoms with Crippen molar-refractivity contribution in [1.82, 2.24) is 0 Å². The quantitative estimate of drug-likeness (QED) is 0.690. The third-order valence-electron chi connectivity index (χ3n) is 3.19. The van der Waals surface area contributed by atoms with Crippen molar-refractivity contribution in [2.24, 2.45) is 0 Å². The zero-order valence-electron chi connectivity index (χ0n) is 9.45. The molecule has 2 atom stereocenters. The summed E-state index contributed by atoms with van der Waals surface area (Å²) in [7, 11) is 0.632. The fraction of sp³-hybridized carbons (Fsp3) is 0.538. The smallest absolute Gasteiger partial charge is 0.133 e. The maximum absolute atomic E-state index is 2.43. The number of hydrogen-bond acceptors (Lipinski definition) is 0. The zero-order valence-corrected chi connectivity index (χ0v) is 11.9. The Hall–Kier alpha value is 0.0500. The molecular weight excluding hydrogens is 268 g/mol. The van der Waals surface area contributed by atoms with E-state index in [0.717, 1.165) is 10.5 Å². The second-order valence-corrected chi connectivity index (χ2v) is 7.13. The highest BCUT2D eigenvalue weighted by Crippen LogP contribution is 2.31. The first-order valence-corrected chi connectivity index (χ1v) is 7.02. The number of rotatable bonds is 2. The average molecular weight is 287 g/mol. The molecule has 1 fully saturated rings. The van der Waals surface area contributed by atoms with E-state index in [1.165, 1.54) is 24.2 Å². The summed E-state index contributed by atoms with van der Waals surface area (Å²) >= 11 is 0. The van der Waals surface area contributed by atoms with E-state index in [1.54, 1.807) is 0 Å². The molecule has 84 valence electrons. The van der Waals surface area contributed by atoms with Crippen molar-refractivity contribution >= 4 is 10.9 Å². The Morgan fingerprint density at radius 3 is 2.13 bits per heavy atom. The first kappa shape index (κ1) is 13.1. The van der Waals surface area contributed by atoms with E-state index >= 15 is 0 Å². The minimum absolute atomic E-state index is 0. The van der Waals surface area contributed by atoms with Crippen molar-refractivity contribution in [3.05, 3.63) is 35.9 Å². The molecule has 2 heteroatoms. The topological polar surface area (TPSA) is 0 Å². The Bertz CT molecular complexity index is 276. The molecule has 0 amide bonds. The summed E-state index contributed by atoms with van der Waals surface area (Å²) in [4.78, 5) is 0. The molecule has 0 N–H and O–H groups in total. The Balaban J connectivity index is 0.00000112. The molecule has 0 unspecified atom stereocenters. The van der Waals surface area contributed by atoms with Gasteiger partial charge in [-0.05, 0) is 37.6 Å². The van der Waals surface area contributed by atoms with Crippen molar-refractivity contribution in [2.75, 3.05) is 0 Å². The minimum Gasteiger partial charge on any atom is -1.00 e. The van der Waals surface area contributed by atoms with Crippen LogP contribution < -0.4 is 17.0 Å². The molecular formula is C13H19BrS. The molecule has 0 aromatic heterocycles. The first-order valence-electron chi connectivity index (χ1n) is 5.50. The Morgan fingerprint density at radius 1 is 1.07 bits per heavy atom. The van der Waals surface area contributed by atoms with Gasteiger partial charge in [0.1, 0.15) is 16.3 Å². The predicted molar refractivity (Wildman–Crippen MR) is 65.7 cm³/mol. The molecule has 0 aliphatic carbocycles. The summed E-state index contributed by atoms with van der Waals surface area (Å²) in [6.07, 6.45) is 2.88. The van der Waals surface area contributed by atoms with Gasteiger partial charge in [-0.25, -0.2) is 0 Å². The van der Waals surface area contributed by atoms with Crippen LogP contribution in [0.25, 0.3) is 0 Å². The molecule has 1 aliphatic rings. The molecule has 0 nitrogen and oxygen atoms in total. The van der Waals surface area contributed by atoms with Gasteiger partial charge in [-0.1, -0.05) is 30.3 Å². The van der Waals surface area contributed by atoms with Crippen LogP contribution >= 0.6 is 0 Å². The molecule has 1 heterocycles. The highest BCUT2D eigenvalue weighted by molar-refractivity contribution is 7.97. The van der Waals surface area contributed by atoms with Gasteiger partial charge in [0.2, 0.25) is 0 Å². The molecule has 1 aromatic carbocycles. The molecule has 15 heavy (non-hydrogen) atoms. The van der Waals surface area contributed by atoms with E-state index < -0.39 is 0 Å². The van der Waals surface area contributed by atoms with Gasteiger partial charge in [-0.2, -0.15) is 0 Å². The molecule has 0 bridgehead atoms. The maximum atomic E-state index is 2.43. The molecule has 0 spiro atoms. The zero-order chi connectivity index (χ0) is 9.97. The largest absolute Gasteiger partial charge is 1.00 e. The van der Waals surface area contributed by atoms with E-state index in [-0.39, 0.29) is 17.0 Å². The van der Waals surface area contributed by atoms with Crippen LogP contribution in [0.1, 0.15) is 32.3 Å². The third-order valence-corrected chi connectivity index (χ3v) is 6.39. The summed E-state index contributed by atoms with van der Waals surface area (Å²) in [6.45, 7) is 4.85. The van der Waals surface area contributed by atoms with Crippen LogP contribution in [0.4, 0.5) is 0 Å². The summed E-state index contributed by atoms with van der Waals surface area (Å²) < 4.78 is 0. The van der Waals surface area contributed by atoms with Crippen LogP contribution in [0, 0.1) is 0 Å². The van der Waals surface area contributed by atoms with Crippen LogP contribution in [-0.2, 0) is 16.6 Å². The van der Waals surface area contributed by atoms with Crippen LogP contribution in [0.5, 0.6) is 0 Å². The summed E-state index contributed by atoms with van der Waals surface area (Å²) in [6, 6.07) is 11.0. The third kappa shape index (κ3) is 3.25. The normalized spacial score (nSPS) is 26.3. The van der Waals surface area contributed by atoms with Crippen LogP contribution in [0.15, 0.2) is 30.3 Å². The predicted octanol–water partition coefficient (Wildman–Crippen LogP) is 0.380. The van der Waals surface area contributed by atoms with Gasteiger partial charge in [0.15, 0.2) is 0 Å². The van der Waals surface area contributed by atoms with Crippen LogP contribution in [0.3, 0.4) is 0 Å². The van der Waals surface area contributed by atoms with Crippen molar-refractivity contribution in [2.45, 2.75) is 42.9 Å². The highest BCUT2D eigenvalue weighted by atomic mass is 79.9. The lowest BCUT2D eigenvalue weighted by molar-refractivity contribution is -0.00000298. The molecule has 1 saturated heterocycles. The van der Waals surface area contributed by atoms with Crippen molar-refractivity contribution < 1.29 is 17.0 Å². The van der Waals surface area contributed by atoms with Crippen molar-refractivity contribution in [3.63, 3.8) is 0 Å². The Kier molecular flexibility index (Phi) is 5.20. The monoisotopic (exact) mass is 286 g/mol. The lowest BCUT2D eigenvalue weighted by Crippen LogP contribution is -3.00. The van der Waals surface area contributed by atoms with E-state index in [9.17, 15) is 0 Å². The standard InChI is InChI=1S/C13H19S.BrH/c1-11-8-9-12(2)14(11)10-13-6-4-3-5-7-13;/h3-7,11-12H,8-10H2,1-2H3;1H/q+1;/p-1/t11-,12-;/m1./s1. The number of hydrogen-bond donors (Lipinski definition) is 0. The van der Waals surface area contributed by atoms with Crippen LogP contribution in [-0.4, -0.2) is 10.5 Å². The van der Waals surface area contributed by atoms with Gasteiger partial charge in [0.25, 0.3) is 0 Å². The lowest BCUT2D eigenvalue weighted by Gasteiger charge is -2.10. The van der Waals surface area contributed by atoms with Gasteiger partial charge >= 0.3 is 0 Å². The van der Waals surface area contributed by atoms with E-state index in [4.69, 9.17) is 0 Å². The van der Waals surface area contributed by atoms with E-state index in [1.807, 2.05) is 0 Å². The Morgan fingerprint density at radius 2 is 1.60 bits per heavy atom. The molecule has 0 radical (unpaired) electrons. The van der Waals surface area contributed by atoms with Gasteiger partial charge in [-0.3, -0.25) is 0 Å². The second-order valence-electron chi connectivity index (χ2n) is 4.30. The first-order chi connectivity index (χ1) is 6.77. The fourth-order valence-corrected chi connectivity index (χ4v) is 5.04. The highest BCUT2D eigenvalue weighted by Gasteiger charge is 2.39. The average Bonchev–Trinajstić information content (AvgIpc) is 2.51. The molecule has 0 saturated carbocycles. The van der Waals surface area contributed by atoms with Crippen molar-refractivity contribution in [3.8, 4) is 0 Å². The van der Waals surface area contributed by atoms with Gasteiger partial charge < -0.3 is 17.0 Å². The second kappa shape index (κ2) is 5.95. The molecule has 1 aliphatic heterocycles. The van der Waals surface area contributed by atoms with E-state index in [2.05, 4.69) is 44.2 Å². The van der Waals surface area contributed by atoms with Gasteiger partial charge in [0, 0.05) is 5.56 Å². The van der Waals surface area contributed by atoms with Gasteiger partial charge in [0.05, 0.1) is 0 Å². The number of halogens is 1. The summed E-state index contributed by atoms with van der Waals surface area (Å²) in [5, 5.41) is 1.90. The summed E-state index contributed by atoms with van der Waals surface area (Å²) in [5.41, 5.74) is 1.52. The molecule has 1 aromatic rings. The van der Waals surface area contributed by atoms with Gasteiger partial charge in [-0.15, -0.1) is 0 Å². The molecule has 2 rings (SSSR count). The number of benzene rings is 1. The minimum atomic E-state index is 0. The van der Waals surface area contributed by atoms with Crippen LogP contribution in [0.2, 0.25) is 0 Å². The summed E-state index contributed by atoms with van der Waals surface area (Å²) in [5.74, 6) is 1.31. The lowest BCUT2D eigenvalue weighted by atomic mass is 10.2.